The van der Waals surface area contributed by atoms with Crippen LogP contribution in [-0.4, -0.2) is 16.2 Å². The van der Waals surface area contributed by atoms with Crippen molar-refractivity contribution >= 4 is 23.2 Å². The Hall–Kier alpha value is -1.10. The zero-order chi connectivity index (χ0) is 15.4. The van der Waals surface area contributed by atoms with Crippen molar-refractivity contribution in [1.29, 1.82) is 0 Å². The van der Waals surface area contributed by atoms with Gasteiger partial charge in [0, 0.05) is 18.9 Å². The van der Waals surface area contributed by atoms with E-state index in [0.717, 1.165) is 12.0 Å². The van der Waals surface area contributed by atoms with Crippen molar-refractivity contribution in [1.82, 2.24) is 10.1 Å². The largest absolute Gasteiger partial charge is 0.339 e. The van der Waals surface area contributed by atoms with Crippen LogP contribution in [0.4, 0.5) is 0 Å². The molecule has 0 aliphatic carbocycles. The number of hydrogen-bond acceptors (Lipinski definition) is 4. The summed E-state index contributed by atoms with van der Waals surface area (Å²) in [5.74, 6) is 1.76. The molecule has 0 aliphatic heterocycles. The third-order valence-electron chi connectivity index (χ3n) is 3.07. The highest BCUT2D eigenvalue weighted by Crippen LogP contribution is 2.23. The summed E-state index contributed by atoms with van der Waals surface area (Å²) in [6.07, 6.45) is 2.09. The first kappa shape index (κ1) is 16.3. The van der Waals surface area contributed by atoms with Crippen molar-refractivity contribution < 1.29 is 4.52 Å². The zero-order valence-electron chi connectivity index (χ0n) is 12.1. The van der Waals surface area contributed by atoms with E-state index in [2.05, 4.69) is 24.0 Å². The molecule has 21 heavy (non-hydrogen) atoms. The summed E-state index contributed by atoms with van der Waals surface area (Å²) in [6.45, 7) is 4.28. The number of nitrogens with two attached hydrogens (primary N) is 1. The topological polar surface area (TPSA) is 64.9 Å². The van der Waals surface area contributed by atoms with Gasteiger partial charge < -0.3 is 10.3 Å². The molecule has 0 radical (unpaired) electrons. The van der Waals surface area contributed by atoms with Gasteiger partial charge >= 0.3 is 0 Å². The first-order valence-corrected chi connectivity index (χ1v) is 7.70. The lowest BCUT2D eigenvalue weighted by atomic mass is 10.0. The molecule has 0 spiro atoms. The second-order valence-electron chi connectivity index (χ2n) is 5.62. The van der Waals surface area contributed by atoms with Crippen LogP contribution in [0.1, 0.15) is 37.5 Å². The zero-order valence-corrected chi connectivity index (χ0v) is 13.7. The summed E-state index contributed by atoms with van der Waals surface area (Å²) in [6, 6.07) is 5.51. The lowest BCUT2D eigenvalue weighted by molar-refractivity contribution is 0.355. The van der Waals surface area contributed by atoms with Crippen molar-refractivity contribution in [2.24, 2.45) is 11.7 Å². The Morgan fingerprint density at radius 3 is 2.67 bits per heavy atom. The van der Waals surface area contributed by atoms with E-state index in [9.17, 15) is 0 Å². The molecule has 4 nitrogen and oxygen atoms in total. The van der Waals surface area contributed by atoms with Gasteiger partial charge in [-0.15, -0.1) is 0 Å². The van der Waals surface area contributed by atoms with E-state index in [4.69, 9.17) is 33.5 Å². The molecule has 0 amide bonds. The Bertz CT molecular complexity index is 598. The van der Waals surface area contributed by atoms with E-state index < -0.39 is 0 Å². The lowest BCUT2D eigenvalue weighted by Gasteiger charge is -2.10. The van der Waals surface area contributed by atoms with Gasteiger partial charge in [0.15, 0.2) is 5.82 Å². The number of aromatic nitrogens is 2. The van der Waals surface area contributed by atoms with Crippen molar-refractivity contribution in [2.45, 2.75) is 39.2 Å². The highest BCUT2D eigenvalue weighted by atomic mass is 35.5. The Labute approximate surface area is 134 Å². The molecule has 2 N–H and O–H groups in total. The monoisotopic (exact) mass is 327 g/mol. The maximum atomic E-state index is 6.05. The molecule has 6 heteroatoms. The first-order chi connectivity index (χ1) is 9.94. The summed E-state index contributed by atoms with van der Waals surface area (Å²) in [7, 11) is 0. The Morgan fingerprint density at radius 1 is 1.24 bits per heavy atom. The van der Waals surface area contributed by atoms with Gasteiger partial charge in [-0.25, -0.2) is 0 Å². The van der Waals surface area contributed by atoms with Gasteiger partial charge in [0.05, 0.1) is 10.0 Å². The SMILES string of the molecule is CC(C)CC(N)Cc1nc(Cc2ccc(Cl)c(Cl)c2)no1. The van der Waals surface area contributed by atoms with E-state index in [1.165, 1.54) is 0 Å². The van der Waals surface area contributed by atoms with Crippen molar-refractivity contribution in [3.63, 3.8) is 0 Å². The summed E-state index contributed by atoms with van der Waals surface area (Å²) in [5, 5.41) is 5.04. The lowest BCUT2D eigenvalue weighted by Crippen LogP contribution is -2.24. The van der Waals surface area contributed by atoms with Crippen LogP contribution in [0.3, 0.4) is 0 Å². The average molecular weight is 328 g/mol. The van der Waals surface area contributed by atoms with Gasteiger partial charge in [0.1, 0.15) is 0 Å². The highest BCUT2D eigenvalue weighted by Gasteiger charge is 2.13. The molecular weight excluding hydrogens is 309 g/mol. The van der Waals surface area contributed by atoms with Gasteiger partial charge in [-0.1, -0.05) is 48.3 Å². The van der Waals surface area contributed by atoms with Crippen LogP contribution in [0.25, 0.3) is 0 Å². The second kappa shape index (κ2) is 7.25. The molecule has 0 saturated carbocycles. The van der Waals surface area contributed by atoms with E-state index in [1.807, 2.05) is 12.1 Å². The van der Waals surface area contributed by atoms with Crippen LogP contribution < -0.4 is 5.73 Å². The molecule has 1 heterocycles. The predicted octanol–water partition coefficient (Wildman–Crippen LogP) is 3.88. The minimum absolute atomic E-state index is 0.0447. The Kier molecular flexibility index (Phi) is 5.62. The summed E-state index contributed by atoms with van der Waals surface area (Å²) in [4.78, 5) is 4.37. The fraction of sp³-hybridized carbons (Fsp3) is 0.467. The third-order valence-corrected chi connectivity index (χ3v) is 3.81. The van der Waals surface area contributed by atoms with Gasteiger partial charge in [-0.05, 0) is 30.0 Å². The quantitative estimate of drug-likeness (QED) is 0.874. The third kappa shape index (κ3) is 4.99. The van der Waals surface area contributed by atoms with Gasteiger partial charge in [0.2, 0.25) is 5.89 Å². The fourth-order valence-electron chi connectivity index (χ4n) is 2.19. The van der Waals surface area contributed by atoms with Crippen LogP contribution in [0.5, 0.6) is 0 Å². The molecule has 0 aliphatic rings. The fourth-order valence-corrected chi connectivity index (χ4v) is 2.51. The molecule has 2 aromatic rings. The molecule has 1 unspecified atom stereocenters. The second-order valence-corrected chi connectivity index (χ2v) is 6.44. The van der Waals surface area contributed by atoms with Crippen molar-refractivity contribution in [3.05, 3.63) is 45.5 Å². The number of benzene rings is 1. The van der Waals surface area contributed by atoms with E-state index >= 15 is 0 Å². The normalized spacial score (nSPS) is 12.9. The smallest absolute Gasteiger partial charge is 0.228 e. The Morgan fingerprint density at radius 2 is 2.00 bits per heavy atom. The molecule has 2 rings (SSSR count). The first-order valence-electron chi connectivity index (χ1n) is 6.95. The van der Waals surface area contributed by atoms with E-state index in [0.29, 0.717) is 40.5 Å². The van der Waals surface area contributed by atoms with Gasteiger partial charge in [0.25, 0.3) is 0 Å². The molecule has 0 bridgehead atoms. The van der Waals surface area contributed by atoms with Crippen LogP contribution in [-0.2, 0) is 12.8 Å². The van der Waals surface area contributed by atoms with Gasteiger partial charge in [-0.3, -0.25) is 0 Å². The molecular formula is C15H19Cl2N3O. The van der Waals surface area contributed by atoms with Crippen molar-refractivity contribution in [3.8, 4) is 0 Å². The Balaban J connectivity index is 1.98. The molecule has 1 aromatic heterocycles. The van der Waals surface area contributed by atoms with Crippen LogP contribution in [0.2, 0.25) is 10.0 Å². The number of hydrogen-bond donors (Lipinski definition) is 1. The maximum Gasteiger partial charge on any atom is 0.228 e. The number of nitrogens with zero attached hydrogens (tertiary/aromatic N) is 2. The minimum atomic E-state index is 0.0447. The number of halogens is 2. The molecule has 0 saturated heterocycles. The number of rotatable bonds is 6. The standard InChI is InChI=1S/C15H19Cl2N3O/c1-9(2)5-11(18)8-15-19-14(20-21-15)7-10-3-4-12(16)13(17)6-10/h3-4,6,9,11H,5,7-8,18H2,1-2H3. The molecule has 114 valence electrons. The summed E-state index contributed by atoms with van der Waals surface area (Å²) >= 11 is 11.9. The summed E-state index contributed by atoms with van der Waals surface area (Å²) in [5.41, 5.74) is 7.03. The summed E-state index contributed by atoms with van der Waals surface area (Å²) < 4.78 is 5.24. The highest BCUT2D eigenvalue weighted by molar-refractivity contribution is 6.42. The van der Waals surface area contributed by atoms with Gasteiger partial charge in [-0.2, -0.15) is 4.98 Å². The predicted molar refractivity (Wildman–Crippen MR) is 84.7 cm³/mol. The molecule has 1 atom stereocenters. The van der Waals surface area contributed by atoms with E-state index in [1.54, 1.807) is 6.07 Å². The van der Waals surface area contributed by atoms with Crippen molar-refractivity contribution in [2.75, 3.05) is 0 Å². The van der Waals surface area contributed by atoms with Crippen LogP contribution >= 0.6 is 23.2 Å². The average Bonchev–Trinajstić information content (AvgIpc) is 2.80. The minimum Gasteiger partial charge on any atom is -0.339 e. The molecule has 0 fully saturated rings. The van der Waals surface area contributed by atoms with Crippen LogP contribution in [0, 0.1) is 5.92 Å². The molecule has 1 aromatic carbocycles. The van der Waals surface area contributed by atoms with E-state index in [-0.39, 0.29) is 6.04 Å². The maximum absolute atomic E-state index is 6.05. The van der Waals surface area contributed by atoms with Crippen LogP contribution in [0.15, 0.2) is 22.7 Å².